The van der Waals surface area contributed by atoms with Gasteiger partial charge in [-0.15, -0.1) is 0 Å². The van der Waals surface area contributed by atoms with Crippen LogP contribution in [0.4, 0.5) is 0 Å². The third-order valence-corrected chi connectivity index (χ3v) is 1.31. The second-order valence-corrected chi connectivity index (χ2v) is 2.18. The summed E-state index contributed by atoms with van der Waals surface area (Å²) < 4.78 is 0. The average Bonchev–Trinajstić information content (AvgIpc) is 1.85. The van der Waals surface area contributed by atoms with Gasteiger partial charge in [0, 0.05) is 12.1 Å². The second kappa shape index (κ2) is 1.69. The summed E-state index contributed by atoms with van der Waals surface area (Å²) in [5.41, 5.74) is 0.975. The standard InChI is InChI=1S/C6H9NO/c1-4-3-6(8)5(2)7-4/h5H,3H2,1-2H3. The lowest BCUT2D eigenvalue weighted by Crippen LogP contribution is -2.06. The molecule has 0 aromatic carbocycles. The molecule has 1 heterocycles. The number of nitrogens with zero attached hydrogens (tertiary/aromatic N) is 1. The van der Waals surface area contributed by atoms with Gasteiger partial charge in [0.15, 0.2) is 5.78 Å². The molecule has 0 saturated heterocycles. The first-order valence-corrected chi connectivity index (χ1v) is 2.76. The zero-order valence-corrected chi connectivity index (χ0v) is 5.14. The Bertz CT molecular complexity index is 149. The fourth-order valence-electron chi connectivity index (χ4n) is 0.848. The summed E-state index contributed by atoms with van der Waals surface area (Å²) in [5.74, 6) is 0.252. The van der Waals surface area contributed by atoms with E-state index >= 15 is 0 Å². The van der Waals surface area contributed by atoms with Gasteiger partial charge in [-0.3, -0.25) is 9.79 Å². The maximum absolute atomic E-state index is 10.7. The van der Waals surface area contributed by atoms with Crippen LogP contribution in [0.1, 0.15) is 20.3 Å². The SMILES string of the molecule is CC1=NC(C)C(=O)C1. The van der Waals surface area contributed by atoms with Crippen LogP contribution in [0.2, 0.25) is 0 Å². The van der Waals surface area contributed by atoms with Crippen molar-refractivity contribution in [1.82, 2.24) is 0 Å². The maximum atomic E-state index is 10.7. The van der Waals surface area contributed by atoms with E-state index < -0.39 is 0 Å². The van der Waals surface area contributed by atoms with Gasteiger partial charge in [0.1, 0.15) is 6.04 Å². The molecule has 0 aromatic rings. The minimum atomic E-state index is -0.0602. The van der Waals surface area contributed by atoms with E-state index in [1.807, 2.05) is 13.8 Å². The number of ketones is 1. The van der Waals surface area contributed by atoms with Gasteiger partial charge in [-0.2, -0.15) is 0 Å². The van der Waals surface area contributed by atoms with Crippen molar-refractivity contribution in [1.29, 1.82) is 0 Å². The first kappa shape index (κ1) is 5.48. The molecular formula is C6H9NO. The van der Waals surface area contributed by atoms with E-state index in [1.165, 1.54) is 0 Å². The van der Waals surface area contributed by atoms with Crippen LogP contribution in [0.5, 0.6) is 0 Å². The van der Waals surface area contributed by atoms with Crippen LogP contribution in [-0.4, -0.2) is 17.5 Å². The number of rotatable bonds is 0. The Morgan fingerprint density at radius 3 is 2.50 bits per heavy atom. The molecule has 1 aliphatic rings. The van der Waals surface area contributed by atoms with E-state index in [2.05, 4.69) is 4.99 Å². The van der Waals surface area contributed by atoms with Gasteiger partial charge in [0.25, 0.3) is 0 Å². The molecule has 0 N–H and O–H groups in total. The average molecular weight is 111 g/mol. The van der Waals surface area contributed by atoms with Crippen molar-refractivity contribution in [2.75, 3.05) is 0 Å². The highest BCUT2D eigenvalue weighted by Crippen LogP contribution is 2.06. The largest absolute Gasteiger partial charge is 0.297 e. The number of hydrogen-bond acceptors (Lipinski definition) is 2. The molecule has 2 nitrogen and oxygen atoms in total. The van der Waals surface area contributed by atoms with Crippen molar-refractivity contribution in [2.24, 2.45) is 4.99 Å². The van der Waals surface area contributed by atoms with Crippen LogP contribution in [0.3, 0.4) is 0 Å². The third kappa shape index (κ3) is 0.782. The molecule has 8 heavy (non-hydrogen) atoms. The number of Topliss-reactive ketones (excluding diaryl/α,β-unsaturated/α-hetero) is 1. The fourth-order valence-corrected chi connectivity index (χ4v) is 0.848. The van der Waals surface area contributed by atoms with E-state index in [9.17, 15) is 4.79 Å². The Hall–Kier alpha value is -0.660. The summed E-state index contributed by atoms with van der Waals surface area (Å²) in [6, 6.07) is -0.0602. The molecule has 44 valence electrons. The predicted octanol–water partition coefficient (Wildman–Crippen LogP) is 0.809. The van der Waals surface area contributed by atoms with Gasteiger partial charge in [-0.05, 0) is 13.8 Å². The molecule has 1 unspecified atom stereocenters. The molecular weight excluding hydrogens is 102 g/mol. The number of carbonyl (C=O) groups excluding carboxylic acids is 1. The van der Waals surface area contributed by atoms with Gasteiger partial charge in [-0.1, -0.05) is 0 Å². The van der Waals surface area contributed by atoms with Crippen LogP contribution in [-0.2, 0) is 4.79 Å². The molecule has 2 heteroatoms. The van der Waals surface area contributed by atoms with E-state index in [0.29, 0.717) is 6.42 Å². The molecule has 1 rings (SSSR count). The minimum Gasteiger partial charge on any atom is -0.297 e. The summed E-state index contributed by atoms with van der Waals surface area (Å²) in [5, 5.41) is 0. The molecule has 0 aliphatic carbocycles. The van der Waals surface area contributed by atoms with Gasteiger partial charge >= 0.3 is 0 Å². The van der Waals surface area contributed by atoms with E-state index in [4.69, 9.17) is 0 Å². The molecule has 0 bridgehead atoms. The van der Waals surface area contributed by atoms with Crippen molar-refractivity contribution < 1.29 is 4.79 Å². The number of carbonyl (C=O) groups is 1. The first-order chi connectivity index (χ1) is 3.70. The highest BCUT2D eigenvalue weighted by molar-refractivity contribution is 6.08. The zero-order chi connectivity index (χ0) is 6.15. The summed E-state index contributed by atoms with van der Waals surface area (Å²) in [6.45, 7) is 3.72. The van der Waals surface area contributed by atoms with Crippen LogP contribution >= 0.6 is 0 Å². The number of hydrogen-bond donors (Lipinski definition) is 0. The van der Waals surface area contributed by atoms with Crippen LogP contribution in [0.15, 0.2) is 4.99 Å². The van der Waals surface area contributed by atoms with Crippen molar-refractivity contribution in [3.63, 3.8) is 0 Å². The van der Waals surface area contributed by atoms with Crippen molar-refractivity contribution >= 4 is 11.5 Å². The van der Waals surface area contributed by atoms with Gasteiger partial charge in [-0.25, -0.2) is 0 Å². The maximum Gasteiger partial charge on any atom is 0.162 e. The lowest BCUT2D eigenvalue weighted by molar-refractivity contribution is -0.118. The lowest BCUT2D eigenvalue weighted by Gasteiger charge is -1.88. The zero-order valence-electron chi connectivity index (χ0n) is 5.14. The van der Waals surface area contributed by atoms with Gasteiger partial charge < -0.3 is 0 Å². The molecule has 0 fully saturated rings. The third-order valence-electron chi connectivity index (χ3n) is 1.31. The van der Waals surface area contributed by atoms with E-state index in [0.717, 1.165) is 5.71 Å². The second-order valence-electron chi connectivity index (χ2n) is 2.18. The Morgan fingerprint density at radius 1 is 1.75 bits per heavy atom. The highest BCUT2D eigenvalue weighted by atomic mass is 16.1. The lowest BCUT2D eigenvalue weighted by atomic mass is 10.2. The summed E-state index contributed by atoms with van der Waals surface area (Å²) in [6.07, 6.45) is 0.571. The first-order valence-electron chi connectivity index (χ1n) is 2.76. The van der Waals surface area contributed by atoms with Crippen LogP contribution in [0, 0.1) is 0 Å². The minimum absolute atomic E-state index is 0.0602. The van der Waals surface area contributed by atoms with Crippen LogP contribution < -0.4 is 0 Å². The highest BCUT2D eigenvalue weighted by Gasteiger charge is 2.18. The molecule has 1 atom stereocenters. The molecule has 0 radical (unpaired) electrons. The molecule has 1 aliphatic heterocycles. The fraction of sp³-hybridized carbons (Fsp3) is 0.667. The quantitative estimate of drug-likeness (QED) is 0.454. The van der Waals surface area contributed by atoms with E-state index in [-0.39, 0.29) is 11.8 Å². The van der Waals surface area contributed by atoms with Gasteiger partial charge in [0.2, 0.25) is 0 Å². The molecule has 0 saturated carbocycles. The van der Waals surface area contributed by atoms with Crippen molar-refractivity contribution in [2.45, 2.75) is 26.3 Å². The molecule has 0 amide bonds. The molecule has 0 aromatic heterocycles. The molecule has 0 spiro atoms. The smallest absolute Gasteiger partial charge is 0.162 e. The Morgan fingerprint density at radius 2 is 2.38 bits per heavy atom. The summed E-state index contributed by atoms with van der Waals surface area (Å²) in [4.78, 5) is 14.7. The Kier molecular flexibility index (Phi) is 1.16. The normalized spacial score (nSPS) is 28.5. The monoisotopic (exact) mass is 111 g/mol. The number of aliphatic imine (C=N–C) groups is 1. The topological polar surface area (TPSA) is 29.4 Å². The summed E-state index contributed by atoms with van der Waals surface area (Å²) >= 11 is 0. The Labute approximate surface area is 48.6 Å². The van der Waals surface area contributed by atoms with Crippen LogP contribution in [0.25, 0.3) is 0 Å². The van der Waals surface area contributed by atoms with Crippen molar-refractivity contribution in [3.8, 4) is 0 Å². The van der Waals surface area contributed by atoms with E-state index in [1.54, 1.807) is 0 Å². The Balaban J connectivity index is 2.69. The summed E-state index contributed by atoms with van der Waals surface area (Å²) in [7, 11) is 0. The van der Waals surface area contributed by atoms with Gasteiger partial charge in [0.05, 0.1) is 0 Å². The van der Waals surface area contributed by atoms with Crippen molar-refractivity contribution in [3.05, 3.63) is 0 Å². The predicted molar refractivity (Wildman–Crippen MR) is 32.2 cm³/mol.